The number of nitrogens with one attached hydrogen (secondary N) is 1. The van der Waals surface area contributed by atoms with Gasteiger partial charge >= 0.3 is 0 Å². The lowest BCUT2D eigenvalue weighted by molar-refractivity contribution is -0.123. The second-order valence-electron chi connectivity index (χ2n) is 5.01. The van der Waals surface area contributed by atoms with E-state index in [0.717, 1.165) is 0 Å². The number of hydrogen-bond acceptors (Lipinski definition) is 3. The lowest BCUT2D eigenvalue weighted by Gasteiger charge is -2.10. The van der Waals surface area contributed by atoms with E-state index in [1.807, 2.05) is 0 Å². The summed E-state index contributed by atoms with van der Waals surface area (Å²) in [6.07, 6.45) is 2.35. The van der Waals surface area contributed by atoms with Crippen molar-refractivity contribution in [3.8, 4) is 5.75 Å². The van der Waals surface area contributed by atoms with Gasteiger partial charge < -0.3 is 15.8 Å². The van der Waals surface area contributed by atoms with Crippen LogP contribution >= 0.6 is 0 Å². The van der Waals surface area contributed by atoms with Crippen LogP contribution < -0.4 is 15.8 Å². The van der Waals surface area contributed by atoms with E-state index in [1.54, 1.807) is 13.0 Å². The van der Waals surface area contributed by atoms with Gasteiger partial charge in [-0.3, -0.25) is 4.79 Å². The molecule has 0 aliphatic heterocycles. The molecule has 0 aromatic heterocycles. The number of carbonyl (C=O) groups is 1. The Labute approximate surface area is 112 Å². The van der Waals surface area contributed by atoms with Crippen LogP contribution in [0.5, 0.6) is 5.75 Å². The van der Waals surface area contributed by atoms with Crippen LogP contribution in [0.4, 0.5) is 4.39 Å². The number of halogens is 1. The second kappa shape index (κ2) is 6.02. The molecule has 0 heterocycles. The molecule has 3 N–H and O–H groups in total. The first-order chi connectivity index (χ1) is 9.06. The average Bonchev–Trinajstić information content (AvgIpc) is 3.18. The van der Waals surface area contributed by atoms with Gasteiger partial charge in [-0.25, -0.2) is 4.39 Å². The average molecular weight is 266 g/mol. The molecule has 0 spiro atoms. The van der Waals surface area contributed by atoms with Crippen LogP contribution in [0.15, 0.2) is 18.2 Å². The summed E-state index contributed by atoms with van der Waals surface area (Å²) in [5.74, 6) is -0.0238. The minimum Gasteiger partial charge on any atom is -0.481 e. The molecule has 5 heteroatoms. The molecule has 1 aromatic rings. The van der Waals surface area contributed by atoms with Gasteiger partial charge in [0.15, 0.2) is 18.2 Å². The van der Waals surface area contributed by atoms with Crippen molar-refractivity contribution in [2.75, 3.05) is 13.2 Å². The highest BCUT2D eigenvalue weighted by Gasteiger charge is 2.21. The van der Waals surface area contributed by atoms with Crippen LogP contribution in [0.2, 0.25) is 0 Å². The largest absolute Gasteiger partial charge is 0.481 e. The van der Waals surface area contributed by atoms with Crippen molar-refractivity contribution < 1.29 is 13.9 Å². The monoisotopic (exact) mass is 266 g/mol. The van der Waals surface area contributed by atoms with Gasteiger partial charge in [0.2, 0.25) is 0 Å². The molecule has 1 saturated carbocycles. The predicted octanol–water partition coefficient (Wildman–Crippen LogP) is 1.75. The van der Waals surface area contributed by atoms with E-state index in [2.05, 4.69) is 5.32 Å². The SMILES string of the molecule is C[C@H](N)c1ccc(OCC(=O)NCC2CC2)c(F)c1. The van der Waals surface area contributed by atoms with Crippen molar-refractivity contribution in [1.82, 2.24) is 5.32 Å². The van der Waals surface area contributed by atoms with Crippen LogP contribution in [0.25, 0.3) is 0 Å². The van der Waals surface area contributed by atoms with Crippen molar-refractivity contribution in [2.45, 2.75) is 25.8 Å². The number of hydrogen-bond donors (Lipinski definition) is 2. The third-order valence-electron chi connectivity index (χ3n) is 3.13. The maximum absolute atomic E-state index is 13.7. The second-order valence-corrected chi connectivity index (χ2v) is 5.01. The quantitative estimate of drug-likeness (QED) is 0.824. The Bertz CT molecular complexity index is 459. The topological polar surface area (TPSA) is 64.3 Å². The summed E-state index contributed by atoms with van der Waals surface area (Å²) in [5, 5.41) is 2.76. The number of amides is 1. The fourth-order valence-corrected chi connectivity index (χ4v) is 1.69. The molecule has 0 radical (unpaired) electrons. The van der Waals surface area contributed by atoms with Gasteiger partial charge in [0.1, 0.15) is 0 Å². The van der Waals surface area contributed by atoms with E-state index in [-0.39, 0.29) is 24.3 Å². The van der Waals surface area contributed by atoms with Crippen LogP contribution in [0.3, 0.4) is 0 Å². The van der Waals surface area contributed by atoms with Gasteiger partial charge in [-0.2, -0.15) is 0 Å². The summed E-state index contributed by atoms with van der Waals surface area (Å²) >= 11 is 0. The van der Waals surface area contributed by atoms with Crippen LogP contribution in [-0.4, -0.2) is 19.1 Å². The molecule has 104 valence electrons. The summed E-state index contributed by atoms with van der Waals surface area (Å²) < 4.78 is 18.8. The molecule has 1 atom stereocenters. The molecule has 0 unspecified atom stereocenters. The molecule has 4 nitrogen and oxygen atoms in total. The van der Waals surface area contributed by atoms with Gasteiger partial charge in [-0.05, 0) is 43.4 Å². The summed E-state index contributed by atoms with van der Waals surface area (Å²) in [5.41, 5.74) is 6.35. The van der Waals surface area contributed by atoms with Crippen LogP contribution in [0, 0.1) is 11.7 Å². The lowest BCUT2D eigenvalue weighted by Crippen LogP contribution is -2.30. The maximum Gasteiger partial charge on any atom is 0.257 e. The van der Waals surface area contributed by atoms with Crippen molar-refractivity contribution >= 4 is 5.91 Å². The van der Waals surface area contributed by atoms with E-state index < -0.39 is 5.82 Å². The minimum absolute atomic E-state index is 0.0750. The smallest absolute Gasteiger partial charge is 0.257 e. The molecule has 19 heavy (non-hydrogen) atoms. The molecule has 1 aromatic carbocycles. The highest BCUT2D eigenvalue weighted by molar-refractivity contribution is 5.77. The highest BCUT2D eigenvalue weighted by atomic mass is 19.1. The first-order valence-electron chi connectivity index (χ1n) is 6.51. The third-order valence-corrected chi connectivity index (χ3v) is 3.13. The first-order valence-corrected chi connectivity index (χ1v) is 6.51. The van der Waals surface area contributed by atoms with E-state index in [1.165, 1.54) is 25.0 Å². The lowest BCUT2D eigenvalue weighted by atomic mass is 10.1. The molecular weight excluding hydrogens is 247 g/mol. The molecule has 1 fully saturated rings. The van der Waals surface area contributed by atoms with E-state index >= 15 is 0 Å². The maximum atomic E-state index is 13.7. The van der Waals surface area contributed by atoms with Crippen molar-refractivity contribution in [3.63, 3.8) is 0 Å². The Morgan fingerprint density at radius 1 is 1.58 bits per heavy atom. The zero-order valence-electron chi connectivity index (χ0n) is 11.0. The van der Waals surface area contributed by atoms with Gasteiger partial charge in [-0.1, -0.05) is 6.07 Å². The van der Waals surface area contributed by atoms with E-state index in [9.17, 15) is 9.18 Å². The fourth-order valence-electron chi connectivity index (χ4n) is 1.69. The zero-order valence-corrected chi connectivity index (χ0v) is 11.0. The van der Waals surface area contributed by atoms with Gasteiger partial charge in [0.25, 0.3) is 5.91 Å². The number of benzene rings is 1. The van der Waals surface area contributed by atoms with Crippen molar-refractivity contribution in [1.29, 1.82) is 0 Å². The molecule has 2 rings (SSSR count). The summed E-state index contributed by atoms with van der Waals surface area (Å²) in [4.78, 5) is 11.5. The Hall–Kier alpha value is -1.62. The van der Waals surface area contributed by atoms with Gasteiger partial charge in [-0.15, -0.1) is 0 Å². The Morgan fingerprint density at radius 2 is 2.32 bits per heavy atom. The number of nitrogens with two attached hydrogens (primary N) is 1. The van der Waals surface area contributed by atoms with Gasteiger partial charge in [0.05, 0.1) is 0 Å². The molecular formula is C14H19FN2O2. The predicted molar refractivity (Wildman–Crippen MR) is 70.2 cm³/mol. The number of carbonyl (C=O) groups excluding carboxylic acids is 1. The molecule has 1 aliphatic carbocycles. The highest BCUT2D eigenvalue weighted by Crippen LogP contribution is 2.27. The van der Waals surface area contributed by atoms with E-state index in [0.29, 0.717) is 18.0 Å². The summed E-state index contributed by atoms with van der Waals surface area (Å²) in [6.45, 7) is 2.30. The molecule has 1 amide bonds. The third kappa shape index (κ3) is 4.21. The minimum atomic E-state index is -0.496. The Kier molecular flexibility index (Phi) is 4.37. The summed E-state index contributed by atoms with van der Waals surface area (Å²) in [6, 6.07) is 4.31. The summed E-state index contributed by atoms with van der Waals surface area (Å²) in [7, 11) is 0. The zero-order chi connectivity index (χ0) is 13.8. The number of rotatable bonds is 6. The number of ether oxygens (including phenoxy) is 1. The normalized spacial score (nSPS) is 15.9. The van der Waals surface area contributed by atoms with Crippen molar-refractivity contribution in [2.24, 2.45) is 11.7 Å². The van der Waals surface area contributed by atoms with Crippen LogP contribution in [-0.2, 0) is 4.79 Å². The van der Waals surface area contributed by atoms with Gasteiger partial charge in [0, 0.05) is 12.6 Å². The Balaban J connectivity index is 1.82. The standard InChI is InChI=1S/C14H19FN2O2/c1-9(16)11-4-5-13(12(15)6-11)19-8-14(18)17-7-10-2-3-10/h4-6,9-10H,2-3,7-8,16H2,1H3,(H,17,18)/t9-/m0/s1. The Morgan fingerprint density at radius 3 is 2.89 bits per heavy atom. The van der Waals surface area contributed by atoms with E-state index in [4.69, 9.17) is 10.5 Å². The molecule has 0 saturated heterocycles. The van der Waals surface area contributed by atoms with Crippen LogP contribution in [0.1, 0.15) is 31.4 Å². The fraction of sp³-hybridized carbons (Fsp3) is 0.500. The van der Waals surface area contributed by atoms with Crippen molar-refractivity contribution in [3.05, 3.63) is 29.6 Å². The molecule has 1 aliphatic rings. The molecule has 0 bridgehead atoms. The first kappa shape index (κ1) is 13.8.